The summed E-state index contributed by atoms with van der Waals surface area (Å²) < 4.78 is 43.8. The minimum absolute atomic E-state index is 0.105. The highest BCUT2D eigenvalue weighted by atomic mass is 35.5. The highest BCUT2D eigenvalue weighted by molar-refractivity contribution is 6.33. The SMILES string of the molecule is CCOC(=O)CN(Cc1ccccc1)c1ncnc(Cl)c1N(C)C(=O)C(F)(F)F. The highest BCUT2D eigenvalue weighted by Gasteiger charge is 2.43. The molecule has 0 N–H and O–H groups in total. The molecule has 29 heavy (non-hydrogen) atoms. The molecular weight excluding hydrogens is 413 g/mol. The van der Waals surface area contributed by atoms with Gasteiger partial charge >= 0.3 is 18.1 Å². The molecule has 1 aromatic carbocycles. The van der Waals surface area contributed by atoms with E-state index >= 15 is 0 Å². The largest absolute Gasteiger partial charge is 0.471 e. The van der Waals surface area contributed by atoms with Gasteiger partial charge in [-0.1, -0.05) is 41.9 Å². The summed E-state index contributed by atoms with van der Waals surface area (Å²) in [6.07, 6.45) is -4.09. The van der Waals surface area contributed by atoms with Crippen molar-refractivity contribution in [1.82, 2.24) is 9.97 Å². The topological polar surface area (TPSA) is 75.6 Å². The van der Waals surface area contributed by atoms with E-state index < -0.39 is 18.1 Å². The predicted octanol–water partition coefficient (Wildman–Crippen LogP) is 3.22. The number of ether oxygens (including phenoxy) is 1. The molecule has 1 heterocycles. The summed E-state index contributed by atoms with van der Waals surface area (Å²) in [5.74, 6) is -2.87. The summed E-state index contributed by atoms with van der Waals surface area (Å²) in [4.78, 5) is 33.2. The van der Waals surface area contributed by atoms with Gasteiger partial charge in [-0.2, -0.15) is 13.2 Å². The average molecular weight is 431 g/mol. The Balaban J connectivity index is 2.50. The van der Waals surface area contributed by atoms with Crippen molar-refractivity contribution in [2.75, 3.05) is 30.0 Å². The van der Waals surface area contributed by atoms with Crippen molar-refractivity contribution in [2.24, 2.45) is 0 Å². The number of aromatic nitrogens is 2. The summed E-state index contributed by atoms with van der Waals surface area (Å²) in [7, 11) is 0.912. The first-order chi connectivity index (χ1) is 13.6. The van der Waals surface area contributed by atoms with Gasteiger partial charge in [-0.25, -0.2) is 9.97 Å². The van der Waals surface area contributed by atoms with E-state index in [1.807, 2.05) is 0 Å². The normalized spacial score (nSPS) is 11.1. The van der Waals surface area contributed by atoms with Gasteiger partial charge in [0.1, 0.15) is 18.6 Å². The fourth-order valence-electron chi connectivity index (χ4n) is 2.53. The predicted molar refractivity (Wildman–Crippen MR) is 101 cm³/mol. The molecule has 0 aliphatic heterocycles. The zero-order valence-electron chi connectivity index (χ0n) is 15.6. The monoisotopic (exact) mass is 430 g/mol. The second kappa shape index (κ2) is 9.55. The van der Waals surface area contributed by atoms with Crippen LogP contribution in [0, 0.1) is 0 Å². The third-order valence-electron chi connectivity index (χ3n) is 3.78. The van der Waals surface area contributed by atoms with Crippen LogP contribution in [-0.4, -0.2) is 48.2 Å². The molecule has 156 valence electrons. The van der Waals surface area contributed by atoms with Gasteiger partial charge in [0.05, 0.1) is 6.61 Å². The van der Waals surface area contributed by atoms with Crippen molar-refractivity contribution < 1.29 is 27.5 Å². The van der Waals surface area contributed by atoms with Crippen LogP contribution in [0.3, 0.4) is 0 Å². The van der Waals surface area contributed by atoms with E-state index in [-0.39, 0.29) is 36.4 Å². The Morgan fingerprint density at radius 3 is 2.41 bits per heavy atom. The molecule has 0 saturated heterocycles. The van der Waals surface area contributed by atoms with Crippen molar-refractivity contribution >= 4 is 35.0 Å². The van der Waals surface area contributed by atoms with Crippen LogP contribution in [0.15, 0.2) is 36.7 Å². The fraction of sp³-hybridized carbons (Fsp3) is 0.333. The molecule has 1 aromatic heterocycles. The van der Waals surface area contributed by atoms with Crippen LogP contribution in [-0.2, 0) is 20.9 Å². The zero-order valence-corrected chi connectivity index (χ0v) is 16.4. The number of carbonyl (C=O) groups excluding carboxylic acids is 2. The summed E-state index contributed by atoms with van der Waals surface area (Å²) >= 11 is 6.01. The zero-order chi connectivity index (χ0) is 21.6. The Morgan fingerprint density at radius 2 is 1.83 bits per heavy atom. The second-order valence-corrected chi connectivity index (χ2v) is 6.20. The number of rotatable bonds is 7. The summed E-state index contributed by atoms with van der Waals surface area (Å²) in [6, 6.07) is 8.87. The van der Waals surface area contributed by atoms with E-state index in [9.17, 15) is 22.8 Å². The minimum Gasteiger partial charge on any atom is -0.465 e. The van der Waals surface area contributed by atoms with E-state index in [0.29, 0.717) is 4.90 Å². The van der Waals surface area contributed by atoms with E-state index in [2.05, 4.69) is 9.97 Å². The molecule has 2 rings (SSSR count). The standard InChI is InChI=1S/C18H18ClF3N4O3/c1-3-29-13(27)10-26(9-12-7-5-4-6-8-12)16-14(15(19)23-11-24-16)25(2)17(28)18(20,21)22/h4-8,11H,3,9-10H2,1-2H3. The number of esters is 1. The first-order valence-electron chi connectivity index (χ1n) is 8.45. The average Bonchev–Trinajstić information content (AvgIpc) is 2.66. The van der Waals surface area contributed by atoms with Gasteiger partial charge in [-0.3, -0.25) is 9.59 Å². The maximum Gasteiger partial charge on any atom is 0.471 e. The maximum absolute atomic E-state index is 12.9. The summed E-state index contributed by atoms with van der Waals surface area (Å²) in [6.45, 7) is 1.54. The van der Waals surface area contributed by atoms with Crippen molar-refractivity contribution in [3.8, 4) is 0 Å². The van der Waals surface area contributed by atoms with Crippen LogP contribution in [0.4, 0.5) is 24.7 Å². The number of halogens is 4. The number of amides is 1. The van der Waals surface area contributed by atoms with E-state index in [1.165, 1.54) is 4.90 Å². The molecule has 0 aliphatic rings. The molecule has 0 fully saturated rings. The van der Waals surface area contributed by atoms with Crippen LogP contribution in [0.25, 0.3) is 0 Å². The van der Waals surface area contributed by atoms with Gasteiger partial charge in [0.2, 0.25) is 0 Å². The number of carbonyl (C=O) groups is 2. The Hall–Kier alpha value is -2.88. The van der Waals surface area contributed by atoms with Gasteiger partial charge in [0.25, 0.3) is 0 Å². The second-order valence-electron chi connectivity index (χ2n) is 5.85. The molecular formula is C18H18ClF3N4O3. The molecule has 11 heteroatoms. The first kappa shape index (κ1) is 22.4. The highest BCUT2D eigenvalue weighted by Crippen LogP contribution is 2.35. The minimum atomic E-state index is -5.13. The molecule has 0 radical (unpaired) electrons. The van der Waals surface area contributed by atoms with Crippen LogP contribution < -0.4 is 9.80 Å². The Bertz CT molecular complexity index is 865. The maximum atomic E-state index is 12.9. The molecule has 0 unspecified atom stereocenters. The number of benzene rings is 1. The Kier molecular flexibility index (Phi) is 7.38. The molecule has 0 saturated carbocycles. The summed E-state index contributed by atoms with van der Waals surface area (Å²) in [5.41, 5.74) is 0.388. The molecule has 7 nitrogen and oxygen atoms in total. The lowest BCUT2D eigenvalue weighted by atomic mass is 10.2. The molecule has 1 amide bonds. The lowest BCUT2D eigenvalue weighted by molar-refractivity contribution is -0.170. The number of alkyl halides is 3. The molecule has 0 bridgehead atoms. The van der Waals surface area contributed by atoms with Crippen molar-refractivity contribution in [1.29, 1.82) is 0 Å². The van der Waals surface area contributed by atoms with Crippen LogP contribution >= 0.6 is 11.6 Å². The number of hydrogen-bond donors (Lipinski definition) is 0. The molecule has 0 atom stereocenters. The van der Waals surface area contributed by atoms with E-state index in [0.717, 1.165) is 18.9 Å². The van der Waals surface area contributed by atoms with Crippen molar-refractivity contribution in [3.63, 3.8) is 0 Å². The number of nitrogens with zero attached hydrogens (tertiary/aromatic N) is 4. The van der Waals surface area contributed by atoms with Crippen molar-refractivity contribution in [3.05, 3.63) is 47.4 Å². The lowest BCUT2D eigenvalue weighted by Crippen LogP contribution is -2.40. The molecule has 0 spiro atoms. The summed E-state index contributed by atoms with van der Waals surface area (Å²) in [5, 5.41) is -0.364. The van der Waals surface area contributed by atoms with Crippen LogP contribution in [0.5, 0.6) is 0 Å². The molecule has 0 aliphatic carbocycles. The van der Waals surface area contributed by atoms with Gasteiger partial charge in [0, 0.05) is 13.6 Å². The quantitative estimate of drug-likeness (QED) is 0.496. The van der Waals surface area contributed by atoms with E-state index in [4.69, 9.17) is 16.3 Å². The van der Waals surface area contributed by atoms with Crippen LogP contribution in [0.2, 0.25) is 5.15 Å². The van der Waals surface area contributed by atoms with Crippen molar-refractivity contribution in [2.45, 2.75) is 19.6 Å². The number of anilines is 2. The number of hydrogen-bond acceptors (Lipinski definition) is 6. The van der Waals surface area contributed by atoms with Gasteiger partial charge < -0.3 is 14.5 Å². The molecule has 2 aromatic rings. The van der Waals surface area contributed by atoms with Gasteiger partial charge in [-0.15, -0.1) is 0 Å². The fourth-order valence-corrected chi connectivity index (χ4v) is 2.79. The lowest BCUT2D eigenvalue weighted by Gasteiger charge is -2.28. The Morgan fingerprint density at radius 1 is 1.17 bits per heavy atom. The van der Waals surface area contributed by atoms with E-state index in [1.54, 1.807) is 37.3 Å². The first-order valence-corrected chi connectivity index (χ1v) is 8.82. The van der Waals surface area contributed by atoms with Gasteiger partial charge in [-0.05, 0) is 12.5 Å². The third kappa shape index (κ3) is 5.80. The Labute approximate surface area is 170 Å². The third-order valence-corrected chi connectivity index (χ3v) is 4.06. The van der Waals surface area contributed by atoms with Crippen LogP contribution in [0.1, 0.15) is 12.5 Å². The smallest absolute Gasteiger partial charge is 0.465 e. The van der Waals surface area contributed by atoms with Gasteiger partial charge in [0.15, 0.2) is 11.0 Å².